The molecule has 0 atom stereocenters. The molecule has 0 unspecified atom stereocenters. The highest BCUT2D eigenvalue weighted by Gasteiger charge is 2.05. The molecule has 0 saturated carbocycles. The van der Waals surface area contributed by atoms with Gasteiger partial charge < -0.3 is 11.1 Å². The maximum Gasteiger partial charge on any atom is 0.0953 e. The van der Waals surface area contributed by atoms with Gasteiger partial charge in [0.1, 0.15) is 0 Å². The zero-order valence-corrected chi connectivity index (χ0v) is 11.5. The molecule has 0 amide bonds. The highest BCUT2D eigenvalue weighted by molar-refractivity contribution is 7.08. The molecule has 0 aliphatic rings. The molecule has 0 aliphatic heterocycles. The fourth-order valence-electron chi connectivity index (χ4n) is 2.10. The minimum atomic E-state index is 0.764. The number of rotatable bonds is 3. The molecule has 0 fully saturated rings. The van der Waals surface area contributed by atoms with Crippen molar-refractivity contribution in [3.63, 3.8) is 0 Å². The largest absolute Gasteiger partial charge is 0.398 e. The van der Waals surface area contributed by atoms with Gasteiger partial charge in [0.25, 0.3) is 0 Å². The van der Waals surface area contributed by atoms with E-state index in [1.165, 1.54) is 11.1 Å². The fraction of sp³-hybridized carbons (Fsp3) is 0.133. The molecule has 3 N–H and O–H groups in total. The molecular formula is C15H15N3S. The highest BCUT2D eigenvalue weighted by Crippen LogP contribution is 2.27. The number of thiophene rings is 1. The third kappa shape index (κ3) is 2.27. The van der Waals surface area contributed by atoms with Gasteiger partial charge in [0, 0.05) is 23.8 Å². The van der Waals surface area contributed by atoms with Crippen molar-refractivity contribution in [2.24, 2.45) is 0 Å². The van der Waals surface area contributed by atoms with Crippen LogP contribution in [0.25, 0.3) is 10.9 Å². The van der Waals surface area contributed by atoms with Gasteiger partial charge in [-0.25, -0.2) is 0 Å². The zero-order valence-electron chi connectivity index (χ0n) is 10.7. The van der Waals surface area contributed by atoms with Crippen LogP contribution in [0.3, 0.4) is 0 Å². The Labute approximate surface area is 116 Å². The standard InChI is InChI=1S/C15H15N3S/c1-10-8-19-9-11(10)7-18-14-5-4-13(16)12-3-2-6-17-15(12)14/h2-6,8-9,18H,7,16H2,1H3. The molecule has 4 heteroatoms. The number of nitrogens with two attached hydrogens (primary N) is 1. The third-order valence-electron chi connectivity index (χ3n) is 3.23. The van der Waals surface area contributed by atoms with E-state index in [4.69, 9.17) is 5.73 Å². The van der Waals surface area contributed by atoms with Crippen LogP contribution in [-0.2, 0) is 6.54 Å². The lowest BCUT2D eigenvalue weighted by atomic mass is 10.1. The van der Waals surface area contributed by atoms with E-state index in [1.54, 1.807) is 17.5 Å². The highest BCUT2D eigenvalue weighted by atomic mass is 32.1. The molecule has 0 saturated heterocycles. The zero-order chi connectivity index (χ0) is 13.2. The number of anilines is 2. The van der Waals surface area contributed by atoms with E-state index in [0.29, 0.717) is 0 Å². The topological polar surface area (TPSA) is 50.9 Å². The predicted octanol–water partition coefficient (Wildman–Crippen LogP) is 3.80. The minimum Gasteiger partial charge on any atom is -0.398 e. The number of hydrogen-bond donors (Lipinski definition) is 2. The van der Waals surface area contributed by atoms with Crippen LogP contribution in [0.4, 0.5) is 11.4 Å². The van der Waals surface area contributed by atoms with Gasteiger partial charge in [0.2, 0.25) is 0 Å². The van der Waals surface area contributed by atoms with Crippen molar-refractivity contribution in [3.8, 4) is 0 Å². The second kappa shape index (κ2) is 4.90. The first-order valence-electron chi connectivity index (χ1n) is 6.14. The second-order valence-corrected chi connectivity index (χ2v) is 5.28. The van der Waals surface area contributed by atoms with Gasteiger partial charge in [-0.15, -0.1) is 0 Å². The Kier molecular flexibility index (Phi) is 3.09. The first kappa shape index (κ1) is 12.0. The average molecular weight is 269 g/mol. The predicted molar refractivity (Wildman–Crippen MR) is 82.5 cm³/mol. The number of hydrogen-bond acceptors (Lipinski definition) is 4. The summed E-state index contributed by atoms with van der Waals surface area (Å²) in [6, 6.07) is 7.82. The maximum absolute atomic E-state index is 5.97. The summed E-state index contributed by atoms with van der Waals surface area (Å²) in [5.74, 6) is 0. The van der Waals surface area contributed by atoms with Gasteiger partial charge in [-0.3, -0.25) is 4.98 Å². The molecule has 19 heavy (non-hydrogen) atoms. The number of fused-ring (bicyclic) bond motifs is 1. The number of nitrogens with zero attached hydrogens (tertiary/aromatic N) is 1. The van der Waals surface area contributed by atoms with Gasteiger partial charge in [-0.05, 0) is 53.1 Å². The Morgan fingerprint density at radius 1 is 1.26 bits per heavy atom. The monoisotopic (exact) mass is 269 g/mol. The maximum atomic E-state index is 5.97. The second-order valence-electron chi connectivity index (χ2n) is 4.54. The normalized spacial score (nSPS) is 10.8. The third-order valence-corrected chi connectivity index (χ3v) is 4.14. The van der Waals surface area contributed by atoms with Crippen molar-refractivity contribution in [2.75, 3.05) is 11.1 Å². The molecule has 0 aliphatic carbocycles. The van der Waals surface area contributed by atoms with Crippen LogP contribution in [0.5, 0.6) is 0 Å². The summed E-state index contributed by atoms with van der Waals surface area (Å²) in [4.78, 5) is 4.42. The Morgan fingerprint density at radius 3 is 2.95 bits per heavy atom. The molecule has 2 aromatic heterocycles. The molecule has 2 heterocycles. The average Bonchev–Trinajstić information content (AvgIpc) is 2.84. The van der Waals surface area contributed by atoms with Gasteiger partial charge in [-0.1, -0.05) is 0 Å². The summed E-state index contributed by atoms with van der Waals surface area (Å²) in [6.07, 6.45) is 1.79. The summed E-state index contributed by atoms with van der Waals surface area (Å²) in [5, 5.41) is 8.78. The molecule has 3 rings (SSSR count). The van der Waals surface area contributed by atoms with Crippen molar-refractivity contribution in [1.29, 1.82) is 0 Å². The lowest BCUT2D eigenvalue weighted by Crippen LogP contribution is -2.01. The summed E-state index contributed by atoms with van der Waals surface area (Å²) >= 11 is 1.73. The smallest absolute Gasteiger partial charge is 0.0953 e. The van der Waals surface area contributed by atoms with Crippen molar-refractivity contribution in [3.05, 3.63) is 52.3 Å². The summed E-state index contributed by atoms with van der Waals surface area (Å²) in [6.45, 7) is 2.94. The Hall–Kier alpha value is -2.07. The summed E-state index contributed by atoms with van der Waals surface area (Å²) in [5.41, 5.74) is 11.3. The van der Waals surface area contributed by atoms with E-state index in [-0.39, 0.29) is 0 Å². The molecular weight excluding hydrogens is 254 g/mol. The van der Waals surface area contributed by atoms with Crippen LogP contribution in [-0.4, -0.2) is 4.98 Å². The van der Waals surface area contributed by atoms with E-state index in [9.17, 15) is 0 Å². The van der Waals surface area contributed by atoms with Crippen molar-refractivity contribution >= 4 is 33.6 Å². The quantitative estimate of drug-likeness (QED) is 0.711. The van der Waals surface area contributed by atoms with Crippen LogP contribution < -0.4 is 11.1 Å². The molecule has 1 aromatic carbocycles. The fourth-order valence-corrected chi connectivity index (χ4v) is 2.95. The van der Waals surface area contributed by atoms with Gasteiger partial charge in [0.15, 0.2) is 0 Å². The van der Waals surface area contributed by atoms with Gasteiger partial charge in [0.05, 0.1) is 11.2 Å². The van der Waals surface area contributed by atoms with Crippen LogP contribution in [0, 0.1) is 6.92 Å². The molecule has 0 spiro atoms. The minimum absolute atomic E-state index is 0.764. The first-order valence-corrected chi connectivity index (χ1v) is 7.09. The van der Waals surface area contributed by atoms with E-state index < -0.39 is 0 Å². The van der Waals surface area contributed by atoms with Crippen molar-refractivity contribution in [2.45, 2.75) is 13.5 Å². The molecule has 3 nitrogen and oxygen atoms in total. The number of benzene rings is 1. The Bertz CT molecular complexity index is 718. The number of aromatic nitrogens is 1. The number of nitrogen functional groups attached to an aromatic ring is 1. The molecule has 0 radical (unpaired) electrons. The van der Waals surface area contributed by atoms with Crippen LogP contribution in [0.15, 0.2) is 41.2 Å². The van der Waals surface area contributed by atoms with E-state index in [0.717, 1.165) is 28.8 Å². The van der Waals surface area contributed by atoms with E-state index in [1.807, 2.05) is 24.3 Å². The Morgan fingerprint density at radius 2 is 2.16 bits per heavy atom. The van der Waals surface area contributed by atoms with Crippen LogP contribution in [0.2, 0.25) is 0 Å². The van der Waals surface area contributed by atoms with E-state index >= 15 is 0 Å². The van der Waals surface area contributed by atoms with Crippen molar-refractivity contribution in [1.82, 2.24) is 4.98 Å². The van der Waals surface area contributed by atoms with Crippen molar-refractivity contribution < 1.29 is 0 Å². The lowest BCUT2D eigenvalue weighted by Gasteiger charge is -2.10. The lowest BCUT2D eigenvalue weighted by molar-refractivity contribution is 1.14. The van der Waals surface area contributed by atoms with Crippen LogP contribution >= 0.6 is 11.3 Å². The summed E-state index contributed by atoms with van der Waals surface area (Å²) in [7, 11) is 0. The number of aryl methyl sites for hydroxylation is 1. The SMILES string of the molecule is Cc1cscc1CNc1ccc(N)c2cccnc12. The summed E-state index contributed by atoms with van der Waals surface area (Å²) < 4.78 is 0. The Balaban J connectivity index is 1.93. The first-order chi connectivity index (χ1) is 9.25. The number of nitrogens with one attached hydrogen (secondary N) is 1. The number of pyridine rings is 1. The van der Waals surface area contributed by atoms with Gasteiger partial charge >= 0.3 is 0 Å². The molecule has 0 bridgehead atoms. The van der Waals surface area contributed by atoms with Crippen LogP contribution in [0.1, 0.15) is 11.1 Å². The molecule has 96 valence electrons. The van der Waals surface area contributed by atoms with E-state index in [2.05, 4.69) is 28.0 Å². The molecule has 3 aromatic rings. The van der Waals surface area contributed by atoms with Gasteiger partial charge in [-0.2, -0.15) is 11.3 Å².